The standard InChI is InChI=1S/C15H20N2O2/c16-7-10-19-15-3-1-13(2-4-15)11-17-8-5-14-6-9-18-12-14/h1-4,14,17H,5-6,8-12H2. The third-order valence-electron chi connectivity index (χ3n) is 3.31. The van der Waals surface area contributed by atoms with Crippen molar-refractivity contribution in [2.75, 3.05) is 26.4 Å². The van der Waals surface area contributed by atoms with Gasteiger partial charge >= 0.3 is 0 Å². The first kappa shape index (κ1) is 13.9. The van der Waals surface area contributed by atoms with E-state index in [0.29, 0.717) is 0 Å². The van der Waals surface area contributed by atoms with Crippen molar-refractivity contribution in [1.29, 1.82) is 5.26 Å². The summed E-state index contributed by atoms with van der Waals surface area (Å²) in [6.45, 7) is 3.84. The summed E-state index contributed by atoms with van der Waals surface area (Å²) >= 11 is 0. The van der Waals surface area contributed by atoms with E-state index >= 15 is 0 Å². The molecule has 1 aromatic rings. The highest BCUT2D eigenvalue weighted by atomic mass is 16.5. The van der Waals surface area contributed by atoms with E-state index in [0.717, 1.165) is 38.0 Å². The van der Waals surface area contributed by atoms with Gasteiger partial charge in [0.15, 0.2) is 6.61 Å². The fraction of sp³-hybridized carbons (Fsp3) is 0.533. The number of ether oxygens (including phenoxy) is 2. The van der Waals surface area contributed by atoms with Crippen LogP contribution < -0.4 is 10.1 Å². The lowest BCUT2D eigenvalue weighted by atomic mass is 10.1. The minimum absolute atomic E-state index is 0.0983. The van der Waals surface area contributed by atoms with E-state index in [-0.39, 0.29) is 6.61 Å². The molecule has 102 valence electrons. The zero-order valence-electron chi connectivity index (χ0n) is 11.1. The maximum absolute atomic E-state index is 8.42. The zero-order chi connectivity index (χ0) is 13.3. The van der Waals surface area contributed by atoms with E-state index in [1.54, 1.807) is 0 Å². The highest BCUT2D eigenvalue weighted by Crippen LogP contribution is 2.15. The molecular weight excluding hydrogens is 240 g/mol. The maximum Gasteiger partial charge on any atom is 0.174 e. The number of nitrogens with zero attached hydrogens (tertiary/aromatic N) is 1. The van der Waals surface area contributed by atoms with Gasteiger partial charge in [0.2, 0.25) is 0 Å². The molecule has 0 radical (unpaired) electrons. The Hall–Kier alpha value is -1.57. The summed E-state index contributed by atoms with van der Waals surface area (Å²) in [7, 11) is 0. The Morgan fingerprint density at radius 2 is 2.21 bits per heavy atom. The van der Waals surface area contributed by atoms with Crippen LogP contribution in [0.3, 0.4) is 0 Å². The molecule has 0 bridgehead atoms. The van der Waals surface area contributed by atoms with E-state index < -0.39 is 0 Å². The SMILES string of the molecule is N#CCOc1ccc(CNCCC2CCOC2)cc1. The predicted molar refractivity (Wildman–Crippen MR) is 72.8 cm³/mol. The Bertz CT molecular complexity index is 405. The Morgan fingerprint density at radius 1 is 1.37 bits per heavy atom. The van der Waals surface area contributed by atoms with Crippen LogP contribution in [0.4, 0.5) is 0 Å². The molecule has 1 aliphatic rings. The fourth-order valence-electron chi connectivity index (χ4n) is 2.17. The van der Waals surface area contributed by atoms with Gasteiger partial charge in [-0.25, -0.2) is 0 Å². The van der Waals surface area contributed by atoms with Gasteiger partial charge < -0.3 is 14.8 Å². The first-order valence-corrected chi connectivity index (χ1v) is 6.75. The lowest BCUT2D eigenvalue weighted by molar-refractivity contribution is 0.184. The predicted octanol–water partition coefficient (Wildman–Crippen LogP) is 2.11. The molecule has 1 saturated heterocycles. The first-order valence-electron chi connectivity index (χ1n) is 6.75. The molecular formula is C15H20N2O2. The molecule has 0 aliphatic carbocycles. The van der Waals surface area contributed by atoms with Crippen molar-refractivity contribution in [3.05, 3.63) is 29.8 Å². The van der Waals surface area contributed by atoms with Gasteiger partial charge in [-0.3, -0.25) is 0 Å². The number of hydrogen-bond donors (Lipinski definition) is 1. The maximum atomic E-state index is 8.42. The average molecular weight is 260 g/mol. The molecule has 2 rings (SSSR count). The van der Waals surface area contributed by atoms with Gasteiger partial charge in [-0.15, -0.1) is 0 Å². The van der Waals surface area contributed by atoms with Crippen LogP contribution in [0.1, 0.15) is 18.4 Å². The first-order chi connectivity index (χ1) is 9.38. The van der Waals surface area contributed by atoms with Crippen molar-refractivity contribution >= 4 is 0 Å². The van der Waals surface area contributed by atoms with Crippen LogP contribution in [0.15, 0.2) is 24.3 Å². The highest BCUT2D eigenvalue weighted by molar-refractivity contribution is 5.27. The Balaban J connectivity index is 1.63. The largest absolute Gasteiger partial charge is 0.479 e. The van der Waals surface area contributed by atoms with E-state index in [1.807, 2.05) is 30.3 Å². The van der Waals surface area contributed by atoms with Crippen molar-refractivity contribution in [3.8, 4) is 11.8 Å². The molecule has 1 unspecified atom stereocenters. The molecule has 1 aromatic carbocycles. The second-order valence-electron chi connectivity index (χ2n) is 4.79. The summed E-state index contributed by atoms with van der Waals surface area (Å²) in [6, 6.07) is 9.81. The van der Waals surface area contributed by atoms with Crippen LogP contribution in [-0.4, -0.2) is 26.4 Å². The molecule has 1 aliphatic heterocycles. The van der Waals surface area contributed by atoms with E-state index in [9.17, 15) is 0 Å². The number of nitrogens with one attached hydrogen (secondary N) is 1. The Labute approximate surface area is 114 Å². The summed E-state index contributed by atoms with van der Waals surface area (Å²) in [6.07, 6.45) is 2.38. The summed E-state index contributed by atoms with van der Waals surface area (Å²) < 4.78 is 10.6. The number of rotatable bonds is 7. The fourth-order valence-corrected chi connectivity index (χ4v) is 2.17. The summed E-state index contributed by atoms with van der Waals surface area (Å²) in [4.78, 5) is 0. The van der Waals surface area contributed by atoms with Crippen molar-refractivity contribution in [1.82, 2.24) is 5.32 Å². The van der Waals surface area contributed by atoms with Crippen molar-refractivity contribution in [2.24, 2.45) is 5.92 Å². The summed E-state index contributed by atoms with van der Waals surface area (Å²) in [5.41, 5.74) is 1.23. The molecule has 1 fully saturated rings. The van der Waals surface area contributed by atoms with Gasteiger partial charge in [-0.2, -0.15) is 5.26 Å². The van der Waals surface area contributed by atoms with Gasteiger partial charge in [-0.05, 0) is 43.0 Å². The molecule has 1 N–H and O–H groups in total. The van der Waals surface area contributed by atoms with Gasteiger partial charge in [0.05, 0.1) is 0 Å². The number of benzene rings is 1. The monoisotopic (exact) mass is 260 g/mol. The molecule has 0 aromatic heterocycles. The third kappa shape index (κ3) is 4.90. The van der Waals surface area contributed by atoms with Crippen LogP contribution >= 0.6 is 0 Å². The van der Waals surface area contributed by atoms with Gasteiger partial charge in [0.1, 0.15) is 11.8 Å². The molecule has 4 nitrogen and oxygen atoms in total. The Kier molecular flexibility index (Phi) is 5.67. The van der Waals surface area contributed by atoms with Crippen LogP contribution in [0, 0.1) is 17.2 Å². The van der Waals surface area contributed by atoms with Crippen molar-refractivity contribution < 1.29 is 9.47 Å². The molecule has 19 heavy (non-hydrogen) atoms. The smallest absolute Gasteiger partial charge is 0.174 e. The normalized spacial score (nSPS) is 18.2. The van der Waals surface area contributed by atoms with E-state index in [2.05, 4.69) is 5.32 Å². The average Bonchev–Trinajstić information content (AvgIpc) is 2.96. The topological polar surface area (TPSA) is 54.3 Å². The minimum atomic E-state index is 0.0983. The molecule has 4 heteroatoms. The zero-order valence-corrected chi connectivity index (χ0v) is 11.1. The van der Waals surface area contributed by atoms with Gasteiger partial charge in [-0.1, -0.05) is 12.1 Å². The van der Waals surface area contributed by atoms with Crippen molar-refractivity contribution in [3.63, 3.8) is 0 Å². The Morgan fingerprint density at radius 3 is 2.89 bits per heavy atom. The minimum Gasteiger partial charge on any atom is -0.479 e. The summed E-state index contributed by atoms with van der Waals surface area (Å²) in [5.74, 6) is 1.47. The van der Waals surface area contributed by atoms with E-state index in [4.69, 9.17) is 14.7 Å². The number of hydrogen-bond acceptors (Lipinski definition) is 4. The van der Waals surface area contributed by atoms with Gasteiger partial charge in [0.25, 0.3) is 0 Å². The lowest BCUT2D eigenvalue weighted by Crippen LogP contribution is -2.17. The molecule has 0 saturated carbocycles. The van der Waals surface area contributed by atoms with Crippen LogP contribution in [0.25, 0.3) is 0 Å². The van der Waals surface area contributed by atoms with E-state index in [1.165, 1.54) is 18.4 Å². The second kappa shape index (κ2) is 7.78. The lowest BCUT2D eigenvalue weighted by Gasteiger charge is -2.09. The van der Waals surface area contributed by atoms with Crippen LogP contribution in [-0.2, 0) is 11.3 Å². The second-order valence-corrected chi connectivity index (χ2v) is 4.79. The van der Waals surface area contributed by atoms with Crippen LogP contribution in [0.5, 0.6) is 5.75 Å². The molecule has 0 spiro atoms. The molecule has 1 atom stereocenters. The van der Waals surface area contributed by atoms with Crippen molar-refractivity contribution in [2.45, 2.75) is 19.4 Å². The third-order valence-corrected chi connectivity index (χ3v) is 3.31. The molecule has 1 heterocycles. The number of nitriles is 1. The summed E-state index contributed by atoms with van der Waals surface area (Å²) in [5, 5.41) is 11.9. The highest BCUT2D eigenvalue weighted by Gasteiger charge is 2.14. The quantitative estimate of drug-likeness (QED) is 0.763. The van der Waals surface area contributed by atoms with Gasteiger partial charge in [0, 0.05) is 19.8 Å². The molecule has 0 amide bonds. The van der Waals surface area contributed by atoms with Crippen LogP contribution in [0.2, 0.25) is 0 Å².